The zero-order chi connectivity index (χ0) is 16.1. The molecule has 8 nitrogen and oxygen atoms in total. The first kappa shape index (κ1) is 16.4. The Labute approximate surface area is 136 Å². The number of anilines is 2. The molecule has 23 heavy (non-hydrogen) atoms. The number of nitrogens with zero attached hydrogens (tertiary/aromatic N) is 3. The second-order valence-corrected chi connectivity index (χ2v) is 8.12. The quantitative estimate of drug-likeness (QED) is 0.736. The van der Waals surface area contributed by atoms with E-state index in [1.54, 1.807) is 6.20 Å². The Kier molecular flexibility index (Phi) is 5.29. The molecule has 0 radical (unpaired) electrons. The molecule has 2 N–H and O–H groups in total. The molecule has 0 aliphatic carbocycles. The van der Waals surface area contributed by atoms with Gasteiger partial charge in [0.15, 0.2) is 9.84 Å². The largest absolute Gasteiger partial charge is 0.379 e. The molecule has 1 aromatic heterocycles. The second kappa shape index (κ2) is 7.41. The van der Waals surface area contributed by atoms with Crippen LogP contribution >= 0.6 is 0 Å². The fraction of sp³-hybridized carbons (Fsp3) is 0.714. The van der Waals surface area contributed by atoms with E-state index in [-0.39, 0.29) is 17.5 Å². The molecule has 128 valence electrons. The van der Waals surface area contributed by atoms with Crippen molar-refractivity contribution in [3.05, 3.63) is 12.3 Å². The van der Waals surface area contributed by atoms with Gasteiger partial charge in [-0.2, -0.15) is 4.98 Å². The van der Waals surface area contributed by atoms with Gasteiger partial charge in [0.2, 0.25) is 5.95 Å². The van der Waals surface area contributed by atoms with Crippen LogP contribution in [0, 0.1) is 0 Å². The summed E-state index contributed by atoms with van der Waals surface area (Å²) in [5, 5.41) is 6.39. The van der Waals surface area contributed by atoms with Gasteiger partial charge in [0, 0.05) is 38.4 Å². The molecule has 2 aliphatic heterocycles. The predicted molar refractivity (Wildman–Crippen MR) is 88.5 cm³/mol. The van der Waals surface area contributed by atoms with Gasteiger partial charge in [0.1, 0.15) is 5.82 Å². The number of hydrogen-bond donors (Lipinski definition) is 2. The van der Waals surface area contributed by atoms with Crippen LogP contribution in [-0.4, -0.2) is 80.2 Å². The van der Waals surface area contributed by atoms with Gasteiger partial charge in [-0.15, -0.1) is 0 Å². The van der Waals surface area contributed by atoms with Crippen molar-refractivity contribution in [2.45, 2.75) is 12.5 Å². The maximum Gasteiger partial charge on any atom is 0.224 e. The van der Waals surface area contributed by atoms with Gasteiger partial charge >= 0.3 is 0 Å². The van der Waals surface area contributed by atoms with E-state index in [1.807, 2.05) is 6.07 Å². The number of aromatic nitrogens is 2. The third-order valence-electron chi connectivity index (χ3n) is 4.06. The zero-order valence-corrected chi connectivity index (χ0v) is 13.9. The van der Waals surface area contributed by atoms with Crippen molar-refractivity contribution in [1.29, 1.82) is 0 Å². The topological polar surface area (TPSA) is 96.5 Å². The number of morpholine rings is 1. The molecule has 0 amide bonds. The van der Waals surface area contributed by atoms with E-state index in [9.17, 15) is 8.42 Å². The number of sulfone groups is 1. The summed E-state index contributed by atoms with van der Waals surface area (Å²) in [6.45, 7) is 5.27. The van der Waals surface area contributed by atoms with Crippen molar-refractivity contribution in [3.8, 4) is 0 Å². The van der Waals surface area contributed by atoms with Crippen molar-refractivity contribution < 1.29 is 13.2 Å². The van der Waals surface area contributed by atoms with Gasteiger partial charge in [-0.1, -0.05) is 0 Å². The van der Waals surface area contributed by atoms with Crippen molar-refractivity contribution in [2.75, 3.05) is 61.5 Å². The van der Waals surface area contributed by atoms with Gasteiger partial charge in [0.25, 0.3) is 0 Å². The fourth-order valence-electron chi connectivity index (χ4n) is 2.78. The first-order valence-corrected chi connectivity index (χ1v) is 9.77. The Morgan fingerprint density at radius 2 is 2.17 bits per heavy atom. The standard InChI is InChI=1S/C14H23N5O3S/c20-23(21)10-2-12(11-23)17-14-16-3-1-13(18-14)15-4-5-19-6-8-22-9-7-19/h1,3,12H,2,4-11H2,(H2,15,16,17,18). The minimum absolute atomic E-state index is 0.0939. The molecule has 2 saturated heterocycles. The Morgan fingerprint density at radius 1 is 1.35 bits per heavy atom. The summed E-state index contributed by atoms with van der Waals surface area (Å²) in [4.78, 5) is 10.9. The molecule has 0 bridgehead atoms. The summed E-state index contributed by atoms with van der Waals surface area (Å²) >= 11 is 0. The summed E-state index contributed by atoms with van der Waals surface area (Å²) in [6, 6.07) is 1.72. The van der Waals surface area contributed by atoms with E-state index < -0.39 is 9.84 Å². The number of nitrogens with one attached hydrogen (secondary N) is 2. The van der Waals surface area contributed by atoms with Crippen LogP contribution in [0.1, 0.15) is 6.42 Å². The maximum atomic E-state index is 11.5. The lowest BCUT2D eigenvalue weighted by Gasteiger charge is -2.26. The Balaban J connectivity index is 1.47. The first-order valence-electron chi connectivity index (χ1n) is 7.95. The first-order chi connectivity index (χ1) is 11.1. The van der Waals surface area contributed by atoms with E-state index >= 15 is 0 Å². The monoisotopic (exact) mass is 341 g/mol. The van der Waals surface area contributed by atoms with Crippen LogP contribution < -0.4 is 10.6 Å². The van der Waals surface area contributed by atoms with Crippen LogP contribution in [0.2, 0.25) is 0 Å². The molecule has 0 spiro atoms. The molecule has 9 heteroatoms. The fourth-order valence-corrected chi connectivity index (χ4v) is 4.46. The minimum atomic E-state index is -2.90. The molecule has 1 aromatic rings. The molecule has 3 rings (SSSR count). The number of ether oxygens (including phenoxy) is 1. The van der Waals surface area contributed by atoms with Crippen LogP contribution in [-0.2, 0) is 14.6 Å². The number of hydrogen-bond acceptors (Lipinski definition) is 8. The maximum absolute atomic E-state index is 11.5. The van der Waals surface area contributed by atoms with E-state index in [1.165, 1.54) is 0 Å². The predicted octanol–water partition coefficient (Wildman–Crippen LogP) is -0.180. The third kappa shape index (κ3) is 5.02. The molecule has 0 aromatic carbocycles. The SMILES string of the molecule is O=S1(=O)CCC(Nc2nccc(NCCN3CCOCC3)n2)C1. The van der Waals surface area contributed by atoms with Crippen LogP contribution in [0.4, 0.5) is 11.8 Å². The minimum Gasteiger partial charge on any atom is -0.379 e. The van der Waals surface area contributed by atoms with Gasteiger partial charge < -0.3 is 15.4 Å². The van der Waals surface area contributed by atoms with Crippen LogP contribution in [0.5, 0.6) is 0 Å². The van der Waals surface area contributed by atoms with Crippen LogP contribution in [0.25, 0.3) is 0 Å². The summed E-state index contributed by atoms with van der Waals surface area (Å²) in [5.41, 5.74) is 0. The molecular formula is C14H23N5O3S. The van der Waals surface area contributed by atoms with Gasteiger partial charge in [-0.05, 0) is 12.5 Å². The summed E-state index contributed by atoms with van der Waals surface area (Å²) in [5.74, 6) is 1.62. The highest BCUT2D eigenvalue weighted by atomic mass is 32.2. The zero-order valence-electron chi connectivity index (χ0n) is 13.1. The normalized spacial score (nSPS) is 24.4. The second-order valence-electron chi connectivity index (χ2n) is 5.89. The lowest BCUT2D eigenvalue weighted by Crippen LogP contribution is -2.39. The Bertz CT molecular complexity index is 619. The van der Waals surface area contributed by atoms with Crippen molar-refractivity contribution in [1.82, 2.24) is 14.9 Å². The van der Waals surface area contributed by atoms with E-state index in [2.05, 4.69) is 25.5 Å². The highest BCUT2D eigenvalue weighted by molar-refractivity contribution is 7.91. The van der Waals surface area contributed by atoms with Gasteiger partial charge in [0.05, 0.1) is 24.7 Å². The average Bonchev–Trinajstić information content (AvgIpc) is 2.87. The molecule has 1 atom stereocenters. The lowest BCUT2D eigenvalue weighted by atomic mass is 10.3. The molecule has 0 saturated carbocycles. The molecule has 2 fully saturated rings. The van der Waals surface area contributed by atoms with Crippen molar-refractivity contribution in [2.24, 2.45) is 0 Å². The smallest absolute Gasteiger partial charge is 0.224 e. The van der Waals surface area contributed by atoms with Crippen molar-refractivity contribution >= 4 is 21.6 Å². The summed E-state index contributed by atoms with van der Waals surface area (Å²) in [7, 11) is -2.90. The van der Waals surface area contributed by atoms with Crippen LogP contribution in [0.15, 0.2) is 12.3 Å². The Morgan fingerprint density at radius 3 is 2.91 bits per heavy atom. The molecular weight excluding hydrogens is 318 g/mol. The molecule has 1 unspecified atom stereocenters. The third-order valence-corrected chi connectivity index (χ3v) is 5.83. The van der Waals surface area contributed by atoms with E-state index in [0.29, 0.717) is 12.4 Å². The van der Waals surface area contributed by atoms with E-state index in [4.69, 9.17) is 4.74 Å². The average molecular weight is 341 g/mol. The molecule has 3 heterocycles. The highest BCUT2D eigenvalue weighted by Gasteiger charge is 2.28. The number of rotatable bonds is 6. The van der Waals surface area contributed by atoms with Crippen molar-refractivity contribution in [3.63, 3.8) is 0 Å². The highest BCUT2D eigenvalue weighted by Crippen LogP contribution is 2.15. The lowest BCUT2D eigenvalue weighted by molar-refractivity contribution is 0.0398. The van der Waals surface area contributed by atoms with Gasteiger partial charge in [-0.3, -0.25) is 4.90 Å². The Hall–Kier alpha value is -1.45. The molecule has 2 aliphatic rings. The van der Waals surface area contributed by atoms with Gasteiger partial charge in [-0.25, -0.2) is 13.4 Å². The van der Waals surface area contributed by atoms with Crippen LogP contribution in [0.3, 0.4) is 0 Å². The summed E-state index contributed by atoms with van der Waals surface area (Å²) in [6.07, 6.45) is 2.29. The van der Waals surface area contributed by atoms with E-state index in [0.717, 1.165) is 45.2 Å². The summed E-state index contributed by atoms with van der Waals surface area (Å²) < 4.78 is 28.3.